The van der Waals surface area contributed by atoms with Crippen LogP contribution in [0.5, 0.6) is 0 Å². The normalized spacial score (nSPS) is 14.7. The lowest BCUT2D eigenvalue weighted by atomic mass is 10.1. The van der Waals surface area contributed by atoms with Crippen LogP contribution < -0.4 is 10.6 Å². The number of carbonyl (C=O) groups is 1. The fourth-order valence-corrected chi connectivity index (χ4v) is 1.93. The van der Waals surface area contributed by atoms with Crippen molar-refractivity contribution in [1.29, 1.82) is 0 Å². The summed E-state index contributed by atoms with van der Waals surface area (Å²) in [4.78, 5) is 17.4. The molecule has 0 radical (unpaired) electrons. The highest BCUT2D eigenvalue weighted by Crippen LogP contribution is 2.11. The molecule has 0 spiro atoms. The van der Waals surface area contributed by atoms with Crippen molar-refractivity contribution >= 4 is 11.6 Å². The molecule has 0 saturated carbocycles. The Morgan fingerprint density at radius 3 is 3.05 bits per heavy atom. The summed E-state index contributed by atoms with van der Waals surface area (Å²) in [6, 6.07) is 3.68. The summed E-state index contributed by atoms with van der Waals surface area (Å²) in [5.41, 5.74) is 2.80. The molecule has 102 valence electrons. The van der Waals surface area contributed by atoms with Crippen molar-refractivity contribution in [2.75, 3.05) is 39.0 Å². The van der Waals surface area contributed by atoms with Gasteiger partial charge in [-0.1, -0.05) is 11.6 Å². The van der Waals surface area contributed by atoms with E-state index < -0.39 is 0 Å². The molecule has 0 saturated heterocycles. The Balaban J connectivity index is 1.99. The van der Waals surface area contributed by atoms with Crippen LogP contribution in [0, 0.1) is 0 Å². The highest BCUT2D eigenvalue weighted by Gasteiger charge is 2.10. The number of rotatable bonds is 4. The third-order valence-electron chi connectivity index (χ3n) is 3.06. The zero-order valence-electron chi connectivity index (χ0n) is 11.4. The molecule has 19 heavy (non-hydrogen) atoms. The third kappa shape index (κ3) is 3.79. The van der Waals surface area contributed by atoms with Crippen LogP contribution in [0.1, 0.15) is 16.9 Å². The molecule has 1 aromatic heterocycles. The minimum Gasteiger partial charge on any atom is -0.381 e. The SMILES string of the molecule is CN(C)C(=O)c1cc(NCC2=CCNCC2)ccn1. The largest absolute Gasteiger partial charge is 0.381 e. The summed E-state index contributed by atoms with van der Waals surface area (Å²) < 4.78 is 0. The van der Waals surface area contributed by atoms with Crippen LogP contribution in [0.15, 0.2) is 30.0 Å². The van der Waals surface area contributed by atoms with Crippen molar-refractivity contribution in [2.45, 2.75) is 6.42 Å². The molecule has 5 heteroatoms. The zero-order valence-corrected chi connectivity index (χ0v) is 11.4. The molecule has 2 heterocycles. The Morgan fingerprint density at radius 2 is 2.37 bits per heavy atom. The Kier molecular flexibility index (Phi) is 4.52. The van der Waals surface area contributed by atoms with Gasteiger partial charge in [0.05, 0.1) is 0 Å². The second-order valence-corrected chi connectivity index (χ2v) is 4.80. The van der Waals surface area contributed by atoms with Crippen LogP contribution in [-0.2, 0) is 0 Å². The van der Waals surface area contributed by atoms with Gasteiger partial charge in [0.1, 0.15) is 5.69 Å². The summed E-state index contributed by atoms with van der Waals surface area (Å²) >= 11 is 0. The first-order valence-corrected chi connectivity index (χ1v) is 6.47. The first-order chi connectivity index (χ1) is 9.16. The molecule has 1 aliphatic heterocycles. The lowest BCUT2D eigenvalue weighted by Gasteiger charge is -2.16. The Bertz CT molecular complexity index is 482. The zero-order chi connectivity index (χ0) is 13.7. The molecular weight excluding hydrogens is 240 g/mol. The highest BCUT2D eigenvalue weighted by molar-refractivity contribution is 5.92. The van der Waals surface area contributed by atoms with Gasteiger partial charge in [-0.25, -0.2) is 0 Å². The smallest absolute Gasteiger partial charge is 0.272 e. The number of nitrogens with one attached hydrogen (secondary N) is 2. The Hall–Kier alpha value is -1.88. The maximum Gasteiger partial charge on any atom is 0.272 e. The van der Waals surface area contributed by atoms with Crippen molar-refractivity contribution < 1.29 is 4.79 Å². The standard InChI is InChI=1S/C14H20N4O/c1-18(2)14(19)13-9-12(5-8-16-13)17-10-11-3-6-15-7-4-11/h3,5,8-9,15H,4,6-7,10H2,1-2H3,(H,16,17). The van der Waals surface area contributed by atoms with Gasteiger partial charge >= 0.3 is 0 Å². The van der Waals surface area contributed by atoms with Crippen molar-refractivity contribution in [3.63, 3.8) is 0 Å². The van der Waals surface area contributed by atoms with Gasteiger partial charge in [-0.3, -0.25) is 9.78 Å². The molecule has 0 unspecified atom stereocenters. The molecule has 1 aromatic rings. The molecular formula is C14H20N4O. The monoisotopic (exact) mass is 260 g/mol. The van der Waals surface area contributed by atoms with E-state index in [4.69, 9.17) is 0 Å². The number of hydrogen-bond acceptors (Lipinski definition) is 4. The molecule has 0 atom stereocenters. The summed E-state index contributed by atoms with van der Waals surface area (Å²) in [6.07, 6.45) is 4.95. The number of nitrogens with zero attached hydrogens (tertiary/aromatic N) is 2. The van der Waals surface area contributed by atoms with E-state index in [0.717, 1.165) is 31.7 Å². The summed E-state index contributed by atoms with van der Waals surface area (Å²) in [5, 5.41) is 6.63. The lowest BCUT2D eigenvalue weighted by Crippen LogP contribution is -2.24. The van der Waals surface area contributed by atoms with Gasteiger partial charge in [0.2, 0.25) is 0 Å². The average molecular weight is 260 g/mol. The molecule has 5 nitrogen and oxygen atoms in total. The molecule has 0 aliphatic carbocycles. The van der Waals surface area contributed by atoms with Gasteiger partial charge in [-0.15, -0.1) is 0 Å². The maximum atomic E-state index is 11.8. The van der Waals surface area contributed by atoms with Crippen LogP contribution in [0.3, 0.4) is 0 Å². The van der Waals surface area contributed by atoms with Crippen molar-refractivity contribution in [3.8, 4) is 0 Å². The summed E-state index contributed by atoms with van der Waals surface area (Å²) in [6.45, 7) is 2.80. The average Bonchev–Trinajstić information content (AvgIpc) is 2.45. The Morgan fingerprint density at radius 1 is 1.53 bits per heavy atom. The minimum atomic E-state index is -0.0790. The van der Waals surface area contributed by atoms with Crippen molar-refractivity contribution in [3.05, 3.63) is 35.7 Å². The molecule has 1 amide bonds. The fourth-order valence-electron chi connectivity index (χ4n) is 1.93. The van der Waals surface area contributed by atoms with Gasteiger partial charge in [0.25, 0.3) is 5.91 Å². The molecule has 2 rings (SSSR count). The number of pyridine rings is 1. The van der Waals surface area contributed by atoms with E-state index in [0.29, 0.717) is 5.69 Å². The van der Waals surface area contributed by atoms with Crippen LogP contribution in [0.2, 0.25) is 0 Å². The number of carbonyl (C=O) groups excluding carboxylic acids is 1. The second kappa shape index (κ2) is 6.33. The van der Waals surface area contributed by atoms with E-state index in [1.165, 1.54) is 10.5 Å². The summed E-state index contributed by atoms with van der Waals surface area (Å²) in [7, 11) is 3.45. The van der Waals surface area contributed by atoms with Gasteiger partial charge < -0.3 is 15.5 Å². The highest BCUT2D eigenvalue weighted by atomic mass is 16.2. The Labute approximate surface area is 113 Å². The van der Waals surface area contributed by atoms with Crippen molar-refractivity contribution in [2.24, 2.45) is 0 Å². The predicted octanol–water partition coefficient (Wildman–Crippen LogP) is 1.11. The van der Waals surface area contributed by atoms with Gasteiger partial charge in [0, 0.05) is 39.1 Å². The number of hydrogen-bond donors (Lipinski definition) is 2. The molecule has 1 aliphatic rings. The second-order valence-electron chi connectivity index (χ2n) is 4.80. The first-order valence-electron chi connectivity index (χ1n) is 6.47. The van der Waals surface area contributed by atoms with Gasteiger partial charge in [-0.2, -0.15) is 0 Å². The van der Waals surface area contributed by atoms with Crippen LogP contribution in [0.25, 0.3) is 0 Å². The molecule has 0 aromatic carbocycles. The molecule has 2 N–H and O–H groups in total. The number of amides is 1. The minimum absolute atomic E-state index is 0.0790. The first kappa shape index (κ1) is 13.5. The van der Waals surface area contributed by atoms with E-state index >= 15 is 0 Å². The number of anilines is 1. The predicted molar refractivity (Wildman–Crippen MR) is 76.3 cm³/mol. The lowest BCUT2D eigenvalue weighted by molar-refractivity contribution is 0.0822. The third-order valence-corrected chi connectivity index (χ3v) is 3.06. The van der Waals surface area contributed by atoms with Gasteiger partial charge in [-0.05, 0) is 25.1 Å². The van der Waals surface area contributed by atoms with E-state index in [1.807, 2.05) is 6.07 Å². The summed E-state index contributed by atoms with van der Waals surface area (Å²) in [5.74, 6) is -0.0790. The van der Waals surface area contributed by atoms with Crippen LogP contribution in [-0.4, -0.2) is 49.5 Å². The number of aromatic nitrogens is 1. The van der Waals surface area contributed by atoms with E-state index in [1.54, 1.807) is 26.4 Å². The quantitative estimate of drug-likeness (QED) is 0.796. The topological polar surface area (TPSA) is 57.3 Å². The van der Waals surface area contributed by atoms with Crippen LogP contribution in [0.4, 0.5) is 5.69 Å². The van der Waals surface area contributed by atoms with E-state index in [2.05, 4.69) is 21.7 Å². The molecule has 0 fully saturated rings. The van der Waals surface area contributed by atoms with Gasteiger partial charge in [0.15, 0.2) is 0 Å². The van der Waals surface area contributed by atoms with E-state index in [-0.39, 0.29) is 5.91 Å². The van der Waals surface area contributed by atoms with Crippen molar-refractivity contribution in [1.82, 2.24) is 15.2 Å². The fraction of sp³-hybridized carbons (Fsp3) is 0.429. The van der Waals surface area contributed by atoms with E-state index in [9.17, 15) is 4.79 Å². The van der Waals surface area contributed by atoms with Crippen LogP contribution >= 0.6 is 0 Å². The maximum absolute atomic E-state index is 11.8. The molecule has 0 bridgehead atoms.